The first-order valence-corrected chi connectivity index (χ1v) is 4.40. The molecule has 1 aliphatic heterocycles. The molecule has 1 heterocycles. The summed E-state index contributed by atoms with van der Waals surface area (Å²) < 4.78 is 13.2. The summed E-state index contributed by atoms with van der Waals surface area (Å²) in [7, 11) is 0. The molecule has 0 saturated carbocycles. The minimum atomic E-state index is -0.637. The maximum absolute atomic E-state index is 13.2. The maximum atomic E-state index is 13.2. The zero-order valence-corrected chi connectivity index (χ0v) is 7.55. The molecule has 0 unspecified atom stereocenters. The maximum Gasteiger partial charge on any atom is 0.150 e. The Balaban J connectivity index is 2.19. The largest absolute Gasteiger partial charge is 0.363 e. The molecule has 4 heteroatoms. The molecule has 0 radical (unpaired) electrons. The molecule has 0 bridgehead atoms. The van der Waals surface area contributed by atoms with Crippen molar-refractivity contribution in [3.05, 3.63) is 30.1 Å². The van der Waals surface area contributed by atoms with Gasteiger partial charge in [-0.05, 0) is 12.1 Å². The molecule has 1 fully saturated rings. The van der Waals surface area contributed by atoms with Gasteiger partial charge in [-0.15, -0.1) is 0 Å². The molecule has 0 atom stereocenters. The number of anilines is 1. The number of hydrogen-bond donors (Lipinski definition) is 2. The summed E-state index contributed by atoms with van der Waals surface area (Å²) in [5, 5.41) is 14.8. The van der Waals surface area contributed by atoms with Gasteiger partial charge in [0.2, 0.25) is 0 Å². The molecule has 1 aliphatic rings. The van der Waals surface area contributed by atoms with Gasteiger partial charge in [-0.25, -0.2) is 4.39 Å². The van der Waals surface area contributed by atoms with Gasteiger partial charge in [0.15, 0.2) is 5.54 Å². The molecule has 0 amide bonds. The van der Waals surface area contributed by atoms with Gasteiger partial charge < -0.3 is 10.6 Å². The number of rotatable bonds is 2. The lowest BCUT2D eigenvalue weighted by atomic mass is 9.94. The summed E-state index contributed by atoms with van der Waals surface area (Å²) in [5.74, 6) is -0.325. The number of nitrogens with zero attached hydrogens (tertiary/aromatic N) is 1. The number of benzene rings is 1. The van der Waals surface area contributed by atoms with E-state index in [0.29, 0.717) is 18.8 Å². The second-order valence-corrected chi connectivity index (χ2v) is 3.40. The van der Waals surface area contributed by atoms with E-state index < -0.39 is 5.54 Å². The van der Waals surface area contributed by atoms with Crippen LogP contribution in [0.1, 0.15) is 0 Å². The number of hydrogen-bond acceptors (Lipinski definition) is 3. The van der Waals surface area contributed by atoms with Crippen LogP contribution >= 0.6 is 0 Å². The first-order chi connectivity index (χ1) is 6.76. The van der Waals surface area contributed by atoms with E-state index in [1.807, 2.05) is 0 Å². The van der Waals surface area contributed by atoms with Crippen LogP contribution in [-0.2, 0) is 0 Å². The molecule has 2 N–H and O–H groups in total. The molecule has 0 aliphatic carbocycles. The fourth-order valence-corrected chi connectivity index (χ4v) is 1.39. The predicted octanol–water partition coefficient (Wildman–Crippen LogP) is 1.10. The topological polar surface area (TPSA) is 47.9 Å². The zero-order chi connectivity index (χ0) is 10.0. The highest BCUT2D eigenvalue weighted by Crippen LogP contribution is 2.20. The Bertz CT molecular complexity index is 379. The van der Waals surface area contributed by atoms with E-state index in [4.69, 9.17) is 5.26 Å². The molecule has 14 heavy (non-hydrogen) atoms. The van der Waals surface area contributed by atoms with Crippen LogP contribution in [0.5, 0.6) is 0 Å². The van der Waals surface area contributed by atoms with Crippen molar-refractivity contribution >= 4 is 5.69 Å². The van der Waals surface area contributed by atoms with Crippen LogP contribution < -0.4 is 10.6 Å². The Labute approximate surface area is 81.5 Å². The summed E-state index contributed by atoms with van der Waals surface area (Å²) >= 11 is 0. The van der Waals surface area contributed by atoms with E-state index in [9.17, 15) is 4.39 Å². The summed E-state index contributed by atoms with van der Waals surface area (Å²) in [6, 6.07) is 8.52. The first-order valence-electron chi connectivity index (χ1n) is 4.40. The minimum Gasteiger partial charge on any atom is -0.363 e. The van der Waals surface area contributed by atoms with Gasteiger partial charge in [-0.3, -0.25) is 0 Å². The van der Waals surface area contributed by atoms with Crippen molar-refractivity contribution < 1.29 is 4.39 Å². The zero-order valence-electron chi connectivity index (χ0n) is 7.55. The predicted molar refractivity (Wildman–Crippen MR) is 51.2 cm³/mol. The van der Waals surface area contributed by atoms with Gasteiger partial charge in [-0.1, -0.05) is 12.1 Å². The number of nitriles is 1. The normalized spacial score (nSPS) is 18.0. The fraction of sp³-hybridized carbons (Fsp3) is 0.300. The van der Waals surface area contributed by atoms with E-state index in [1.54, 1.807) is 18.2 Å². The van der Waals surface area contributed by atoms with E-state index in [1.165, 1.54) is 6.07 Å². The Morgan fingerprint density at radius 2 is 2.14 bits per heavy atom. The van der Waals surface area contributed by atoms with E-state index in [2.05, 4.69) is 16.7 Å². The van der Waals surface area contributed by atoms with Gasteiger partial charge in [0.05, 0.1) is 11.8 Å². The van der Waals surface area contributed by atoms with Crippen LogP contribution in [0.15, 0.2) is 24.3 Å². The summed E-state index contributed by atoms with van der Waals surface area (Å²) in [5.41, 5.74) is -0.252. The quantitative estimate of drug-likeness (QED) is 0.736. The van der Waals surface area contributed by atoms with Crippen molar-refractivity contribution in [2.45, 2.75) is 5.54 Å². The van der Waals surface area contributed by atoms with Crippen LogP contribution in [0.3, 0.4) is 0 Å². The number of para-hydroxylation sites is 1. The molecule has 1 aromatic rings. The van der Waals surface area contributed by atoms with E-state index in [0.717, 1.165) is 0 Å². The lowest BCUT2D eigenvalue weighted by Gasteiger charge is -2.37. The van der Waals surface area contributed by atoms with Crippen molar-refractivity contribution in [2.24, 2.45) is 0 Å². The smallest absolute Gasteiger partial charge is 0.150 e. The highest BCUT2D eigenvalue weighted by atomic mass is 19.1. The fourth-order valence-electron chi connectivity index (χ4n) is 1.39. The van der Waals surface area contributed by atoms with Crippen molar-refractivity contribution in [3.63, 3.8) is 0 Å². The van der Waals surface area contributed by atoms with Gasteiger partial charge in [0.25, 0.3) is 0 Å². The molecular weight excluding hydrogens is 181 g/mol. The van der Waals surface area contributed by atoms with E-state index >= 15 is 0 Å². The van der Waals surface area contributed by atoms with Crippen LogP contribution in [0.25, 0.3) is 0 Å². The average Bonchev–Trinajstić information content (AvgIpc) is 2.14. The third-order valence-electron chi connectivity index (χ3n) is 2.32. The summed E-state index contributed by atoms with van der Waals surface area (Å²) in [6.45, 7) is 1.11. The first kappa shape index (κ1) is 8.97. The Hall–Kier alpha value is -1.60. The van der Waals surface area contributed by atoms with E-state index in [-0.39, 0.29) is 5.82 Å². The molecular formula is C10H10FN3. The second kappa shape index (κ2) is 3.28. The van der Waals surface area contributed by atoms with Crippen LogP contribution in [-0.4, -0.2) is 18.6 Å². The van der Waals surface area contributed by atoms with Gasteiger partial charge in [-0.2, -0.15) is 5.26 Å². The van der Waals surface area contributed by atoms with Gasteiger partial charge in [0, 0.05) is 13.1 Å². The number of halogens is 1. The molecule has 0 aromatic heterocycles. The van der Waals surface area contributed by atoms with Crippen LogP contribution in [0.4, 0.5) is 10.1 Å². The lowest BCUT2D eigenvalue weighted by molar-refractivity contribution is 0.386. The molecule has 1 saturated heterocycles. The Morgan fingerprint density at radius 3 is 2.64 bits per heavy atom. The van der Waals surface area contributed by atoms with Crippen molar-refractivity contribution in [3.8, 4) is 6.07 Å². The monoisotopic (exact) mass is 191 g/mol. The minimum absolute atomic E-state index is 0.325. The van der Waals surface area contributed by atoms with Crippen molar-refractivity contribution in [2.75, 3.05) is 18.4 Å². The van der Waals surface area contributed by atoms with Crippen LogP contribution in [0, 0.1) is 17.1 Å². The number of nitrogens with one attached hydrogen (secondary N) is 2. The third-order valence-corrected chi connectivity index (χ3v) is 2.32. The SMILES string of the molecule is N#CC1(Nc2ccccc2F)CNC1. The highest BCUT2D eigenvalue weighted by Gasteiger charge is 2.37. The van der Waals surface area contributed by atoms with Gasteiger partial charge >= 0.3 is 0 Å². The standard InChI is InChI=1S/C10H10FN3/c11-8-3-1-2-4-9(8)14-10(5-12)6-13-7-10/h1-4,13-14H,6-7H2. The molecule has 0 spiro atoms. The average molecular weight is 191 g/mol. The van der Waals surface area contributed by atoms with Crippen molar-refractivity contribution in [1.82, 2.24) is 5.32 Å². The summed E-state index contributed by atoms with van der Waals surface area (Å²) in [4.78, 5) is 0. The van der Waals surface area contributed by atoms with Gasteiger partial charge in [0.1, 0.15) is 5.82 Å². The molecule has 72 valence electrons. The van der Waals surface area contributed by atoms with Crippen molar-refractivity contribution in [1.29, 1.82) is 5.26 Å². The second-order valence-electron chi connectivity index (χ2n) is 3.40. The Kier molecular flexibility index (Phi) is 2.10. The summed E-state index contributed by atoms with van der Waals surface area (Å²) in [6.07, 6.45) is 0. The lowest BCUT2D eigenvalue weighted by Crippen LogP contribution is -2.63. The Morgan fingerprint density at radius 1 is 1.43 bits per heavy atom. The highest BCUT2D eigenvalue weighted by molar-refractivity contribution is 5.50. The third kappa shape index (κ3) is 1.42. The molecule has 2 rings (SSSR count). The molecule has 1 aromatic carbocycles. The molecule has 3 nitrogen and oxygen atoms in total. The van der Waals surface area contributed by atoms with Crippen LogP contribution in [0.2, 0.25) is 0 Å².